The average molecular weight is 134 g/mol. The van der Waals surface area contributed by atoms with Gasteiger partial charge >= 0.3 is 0 Å². The molecule has 0 fully saturated rings. The summed E-state index contributed by atoms with van der Waals surface area (Å²) in [4.78, 5) is 0. The van der Waals surface area contributed by atoms with E-state index in [-0.39, 0.29) is 0 Å². The van der Waals surface area contributed by atoms with Crippen molar-refractivity contribution in [2.75, 3.05) is 0 Å². The molecule has 50 valence electrons. The second kappa shape index (κ2) is 1.84. The van der Waals surface area contributed by atoms with Crippen LogP contribution in [0, 0.1) is 6.92 Å². The number of aryl methyl sites for hydroxylation is 1. The summed E-state index contributed by atoms with van der Waals surface area (Å²) >= 11 is 0. The summed E-state index contributed by atoms with van der Waals surface area (Å²) in [5.74, 6) is 0. The Morgan fingerprint density at radius 1 is 1.40 bits per heavy atom. The molecule has 1 heterocycles. The Morgan fingerprint density at radius 2 is 2.30 bits per heavy atom. The molecule has 0 aliphatic carbocycles. The van der Waals surface area contributed by atoms with Crippen LogP contribution in [-0.2, 0) is 0 Å². The van der Waals surface area contributed by atoms with E-state index >= 15 is 0 Å². The Kier molecular flexibility index (Phi) is 1.01. The molecule has 10 heavy (non-hydrogen) atoms. The average Bonchev–Trinajstić information content (AvgIpc) is 2.33. The summed E-state index contributed by atoms with van der Waals surface area (Å²) in [6, 6.07) is 6.07. The first-order chi connectivity index (χ1) is 4.86. The van der Waals surface area contributed by atoms with E-state index in [1.807, 2.05) is 18.3 Å². The molecule has 0 spiro atoms. The van der Waals surface area contributed by atoms with E-state index in [1.165, 1.54) is 5.56 Å². The number of rotatable bonds is 0. The SMILES string of the molecule is Cc1ccc2o[nH+]cc2c1. The van der Waals surface area contributed by atoms with Crippen LogP contribution in [0.25, 0.3) is 11.0 Å². The van der Waals surface area contributed by atoms with E-state index in [9.17, 15) is 0 Å². The van der Waals surface area contributed by atoms with Crippen molar-refractivity contribution in [2.45, 2.75) is 6.92 Å². The predicted molar refractivity (Wildman–Crippen MR) is 37.5 cm³/mol. The van der Waals surface area contributed by atoms with Crippen molar-refractivity contribution in [3.8, 4) is 0 Å². The third-order valence-corrected chi connectivity index (χ3v) is 1.55. The van der Waals surface area contributed by atoms with Crippen molar-refractivity contribution < 1.29 is 9.68 Å². The lowest BCUT2D eigenvalue weighted by atomic mass is 10.2. The van der Waals surface area contributed by atoms with Crippen molar-refractivity contribution in [1.82, 2.24) is 0 Å². The molecule has 0 bridgehead atoms. The minimum Gasteiger partial charge on any atom is -0.238 e. The molecule has 0 atom stereocenters. The van der Waals surface area contributed by atoms with Gasteiger partial charge in [-0.2, -0.15) is 0 Å². The predicted octanol–water partition coefficient (Wildman–Crippen LogP) is 1.56. The number of aromatic amines is 1. The molecule has 1 aromatic carbocycles. The Hall–Kier alpha value is -1.31. The lowest BCUT2D eigenvalue weighted by Gasteiger charge is -1.85. The van der Waals surface area contributed by atoms with Gasteiger partial charge in [0.05, 0.1) is 5.39 Å². The molecule has 0 unspecified atom stereocenters. The quantitative estimate of drug-likeness (QED) is 0.537. The fourth-order valence-electron chi connectivity index (χ4n) is 1.03. The third-order valence-electron chi connectivity index (χ3n) is 1.55. The monoisotopic (exact) mass is 134 g/mol. The summed E-state index contributed by atoms with van der Waals surface area (Å²) < 4.78 is 5.05. The topological polar surface area (TPSA) is 27.3 Å². The van der Waals surface area contributed by atoms with Crippen LogP contribution < -0.4 is 5.16 Å². The van der Waals surface area contributed by atoms with Crippen molar-refractivity contribution in [2.24, 2.45) is 0 Å². The van der Waals surface area contributed by atoms with Crippen molar-refractivity contribution in [3.05, 3.63) is 30.0 Å². The molecule has 2 rings (SSSR count). The molecule has 0 aliphatic rings. The molecule has 2 nitrogen and oxygen atoms in total. The van der Waals surface area contributed by atoms with Gasteiger partial charge in [0.2, 0.25) is 11.8 Å². The molecule has 0 aliphatic heterocycles. The molecular formula is C8H8NO+. The number of fused-ring (bicyclic) bond motifs is 1. The van der Waals surface area contributed by atoms with Crippen molar-refractivity contribution in [1.29, 1.82) is 0 Å². The maximum atomic E-state index is 5.05. The Bertz CT molecular complexity index is 351. The van der Waals surface area contributed by atoms with Gasteiger partial charge in [-0.05, 0) is 24.2 Å². The zero-order chi connectivity index (χ0) is 6.97. The Balaban J connectivity index is 2.86. The van der Waals surface area contributed by atoms with Crippen LogP contribution >= 0.6 is 0 Å². The van der Waals surface area contributed by atoms with Crippen LogP contribution in [0.15, 0.2) is 28.9 Å². The summed E-state index contributed by atoms with van der Waals surface area (Å²) in [5, 5.41) is 3.81. The van der Waals surface area contributed by atoms with Crippen LogP contribution in [0.5, 0.6) is 0 Å². The van der Waals surface area contributed by atoms with Gasteiger partial charge in [0.15, 0.2) is 0 Å². The van der Waals surface area contributed by atoms with Gasteiger partial charge in [-0.25, -0.2) is 4.52 Å². The molecule has 1 N–H and O–H groups in total. The highest BCUT2D eigenvalue weighted by atomic mass is 16.5. The van der Waals surface area contributed by atoms with Crippen molar-refractivity contribution >= 4 is 11.0 Å². The molecule has 0 amide bonds. The summed E-state index contributed by atoms with van der Waals surface area (Å²) in [5.41, 5.74) is 2.16. The highest BCUT2D eigenvalue weighted by Gasteiger charge is 1.99. The lowest BCUT2D eigenvalue weighted by molar-refractivity contribution is -0.602. The number of benzene rings is 1. The van der Waals surface area contributed by atoms with E-state index in [1.54, 1.807) is 0 Å². The maximum Gasteiger partial charge on any atom is 0.224 e. The molecule has 2 heteroatoms. The van der Waals surface area contributed by atoms with Gasteiger partial charge in [-0.3, -0.25) is 0 Å². The smallest absolute Gasteiger partial charge is 0.224 e. The molecule has 0 saturated heterocycles. The van der Waals surface area contributed by atoms with Crippen LogP contribution in [0.2, 0.25) is 0 Å². The highest BCUT2D eigenvalue weighted by Crippen LogP contribution is 2.11. The Labute approximate surface area is 58.4 Å². The van der Waals surface area contributed by atoms with E-state index in [0.717, 1.165) is 11.0 Å². The van der Waals surface area contributed by atoms with E-state index in [2.05, 4.69) is 18.1 Å². The van der Waals surface area contributed by atoms with Crippen molar-refractivity contribution in [3.63, 3.8) is 0 Å². The largest absolute Gasteiger partial charge is 0.238 e. The fourth-order valence-corrected chi connectivity index (χ4v) is 1.03. The van der Waals surface area contributed by atoms with E-state index in [4.69, 9.17) is 4.52 Å². The second-order valence-electron chi connectivity index (χ2n) is 2.41. The zero-order valence-corrected chi connectivity index (χ0v) is 5.72. The van der Waals surface area contributed by atoms with Gasteiger partial charge in [-0.15, -0.1) is 0 Å². The van der Waals surface area contributed by atoms with Gasteiger partial charge < -0.3 is 0 Å². The minimum absolute atomic E-state index is 0.908. The highest BCUT2D eigenvalue weighted by molar-refractivity contribution is 5.75. The minimum atomic E-state index is 0.908. The number of nitrogens with one attached hydrogen (secondary N) is 1. The van der Waals surface area contributed by atoms with E-state index < -0.39 is 0 Å². The molecule has 0 saturated carbocycles. The standard InChI is InChI=1S/C8H7NO/c1-6-2-3-8-7(4-6)5-9-10-8/h2-5H,1H3/p+1. The van der Waals surface area contributed by atoms with Crippen LogP contribution in [0.1, 0.15) is 5.56 Å². The second-order valence-corrected chi connectivity index (χ2v) is 2.41. The number of hydrogen-bond donors (Lipinski definition) is 0. The lowest BCUT2D eigenvalue weighted by Crippen LogP contribution is -1.87. The first kappa shape index (κ1) is 5.47. The molecule has 0 radical (unpaired) electrons. The molecule has 2 aromatic rings. The van der Waals surface area contributed by atoms with Gasteiger partial charge in [-0.1, -0.05) is 11.6 Å². The normalized spacial score (nSPS) is 10.5. The summed E-state index contributed by atoms with van der Waals surface area (Å²) in [7, 11) is 0. The molecular weight excluding hydrogens is 126 g/mol. The molecule has 1 aromatic heterocycles. The Morgan fingerprint density at radius 3 is 3.20 bits per heavy atom. The van der Waals surface area contributed by atoms with Crippen LogP contribution in [-0.4, -0.2) is 0 Å². The van der Waals surface area contributed by atoms with Crippen LogP contribution in [0.4, 0.5) is 0 Å². The number of aromatic nitrogens is 1. The van der Waals surface area contributed by atoms with Gasteiger partial charge in [0.1, 0.15) is 0 Å². The van der Waals surface area contributed by atoms with E-state index in [0.29, 0.717) is 0 Å². The first-order valence-corrected chi connectivity index (χ1v) is 3.22. The van der Waals surface area contributed by atoms with Gasteiger partial charge in [0, 0.05) is 0 Å². The first-order valence-electron chi connectivity index (χ1n) is 3.22. The zero-order valence-electron chi connectivity index (χ0n) is 5.72. The fraction of sp³-hybridized carbons (Fsp3) is 0.125. The number of hydrogen-bond acceptors (Lipinski definition) is 1. The summed E-state index contributed by atoms with van der Waals surface area (Å²) in [6.07, 6.45) is 1.85. The van der Waals surface area contributed by atoms with Crippen LogP contribution in [0.3, 0.4) is 0 Å². The third kappa shape index (κ3) is 0.692. The maximum absolute atomic E-state index is 5.05. The van der Waals surface area contributed by atoms with Gasteiger partial charge in [0.25, 0.3) is 0 Å². The summed E-state index contributed by atoms with van der Waals surface area (Å²) in [6.45, 7) is 2.06. The number of H-pyrrole nitrogens is 1.